The van der Waals surface area contributed by atoms with E-state index in [1.165, 1.54) is 0 Å². The van der Waals surface area contributed by atoms with Gasteiger partial charge in [0.15, 0.2) is 6.16 Å². The van der Waals surface area contributed by atoms with Crippen LogP contribution in [0.1, 0.15) is 27.7 Å². The summed E-state index contributed by atoms with van der Waals surface area (Å²) in [4.78, 5) is 11.3. The molecule has 0 aromatic carbocycles. The molecule has 3 unspecified atom stereocenters. The van der Waals surface area contributed by atoms with E-state index >= 15 is 0 Å². The van der Waals surface area contributed by atoms with Gasteiger partial charge in [0.25, 0.3) is 5.85 Å². The predicted octanol–water partition coefficient (Wildman–Crippen LogP) is 2.40. The minimum Gasteiger partial charge on any atom is -0.466 e. The molecule has 0 N–H and O–H groups in total. The molecule has 0 aromatic heterocycles. The minimum atomic E-state index is -1.50. The molecule has 0 aliphatic carbocycles. The van der Waals surface area contributed by atoms with Crippen molar-refractivity contribution in [3.63, 3.8) is 0 Å². The predicted molar refractivity (Wildman–Crippen MR) is 59.4 cm³/mol. The van der Waals surface area contributed by atoms with Crippen molar-refractivity contribution in [2.45, 2.75) is 33.5 Å². The van der Waals surface area contributed by atoms with E-state index in [0.717, 1.165) is 0 Å². The standard InChI is InChI=1S/C10H20O4P/c1-5-13-9(4)15(12)7-8(3)10(11)14-6-2/h8-9H,5-7H2,1-4H3/q+1. The Morgan fingerprint density at radius 1 is 1.27 bits per heavy atom. The first-order chi connectivity index (χ1) is 7.02. The molecule has 0 aliphatic rings. The molecule has 0 saturated heterocycles. The Balaban J connectivity index is 4.00. The topological polar surface area (TPSA) is 52.6 Å². The van der Waals surface area contributed by atoms with E-state index in [1.54, 1.807) is 20.8 Å². The number of esters is 1. The van der Waals surface area contributed by atoms with Crippen LogP contribution in [0.2, 0.25) is 0 Å². The van der Waals surface area contributed by atoms with Gasteiger partial charge in [-0.25, -0.2) is 0 Å². The van der Waals surface area contributed by atoms with Crippen LogP contribution in [0, 0.1) is 5.92 Å². The van der Waals surface area contributed by atoms with Crippen molar-refractivity contribution in [3.8, 4) is 0 Å². The minimum absolute atomic E-state index is 0.287. The first-order valence-electron chi connectivity index (χ1n) is 5.24. The van der Waals surface area contributed by atoms with Gasteiger partial charge in [-0.15, -0.1) is 0 Å². The SMILES string of the molecule is CCOC(=O)C(C)C[P+](=O)C(C)OCC. The Morgan fingerprint density at radius 2 is 1.87 bits per heavy atom. The molecule has 0 aliphatic heterocycles. The Morgan fingerprint density at radius 3 is 2.33 bits per heavy atom. The van der Waals surface area contributed by atoms with Crippen LogP contribution in [-0.2, 0) is 18.8 Å². The average molecular weight is 235 g/mol. The van der Waals surface area contributed by atoms with Gasteiger partial charge in [-0.1, -0.05) is 4.57 Å². The first kappa shape index (κ1) is 14.5. The highest BCUT2D eigenvalue weighted by Gasteiger charge is 2.31. The van der Waals surface area contributed by atoms with E-state index in [9.17, 15) is 9.36 Å². The molecule has 15 heavy (non-hydrogen) atoms. The third kappa shape index (κ3) is 5.85. The first-order valence-corrected chi connectivity index (χ1v) is 6.76. The van der Waals surface area contributed by atoms with E-state index in [0.29, 0.717) is 19.4 Å². The van der Waals surface area contributed by atoms with E-state index in [1.807, 2.05) is 6.92 Å². The molecule has 5 heteroatoms. The summed E-state index contributed by atoms with van der Waals surface area (Å²) in [6, 6.07) is 0. The van der Waals surface area contributed by atoms with Gasteiger partial charge in [-0.3, -0.25) is 4.79 Å². The maximum Gasteiger partial charge on any atom is 0.370 e. The average Bonchev–Trinajstić information content (AvgIpc) is 2.18. The van der Waals surface area contributed by atoms with Crippen molar-refractivity contribution in [3.05, 3.63) is 0 Å². The van der Waals surface area contributed by atoms with Crippen LogP contribution in [0.5, 0.6) is 0 Å². The zero-order valence-corrected chi connectivity index (χ0v) is 10.8. The highest BCUT2D eigenvalue weighted by molar-refractivity contribution is 7.45. The number of hydrogen-bond acceptors (Lipinski definition) is 4. The van der Waals surface area contributed by atoms with E-state index in [2.05, 4.69) is 0 Å². The van der Waals surface area contributed by atoms with Crippen molar-refractivity contribution in [2.24, 2.45) is 5.92 Å². The molecule has 0 saturated carbocycles. The largest absolute Gasteiger partial charge is 0.466 e. The second-order valence-corrected chi connectivity index (χ2v) is 5.23. The molecule has 0 rings (SSSR count). The zero-order valence-electron chi connectivity index (χ0n) is 9.86. The lowest BCUT2D eigenvalue weighted by Crippen LogP contribution is -2.18. The highest BCUT2D eigenvalue weighted by atomic mass is 31.1. The molecular formula is C10H20O4P+. The molecular weight excluding hydrogens is 215 g/mol. The Hall–Kier alpha value is -0.470. The van der Waals surface area contributed by atoms with Gasteiger partial charge < -0.3 is 9.47 Å². The third-order valence-electron chi connectivity index (χ3n) is 1.96. The number of ether oxygens (including phenoxy) is 2. The quantitative estimate of drug-likeness (QED) is 0.502. The maximum absolute atomic E-state index is 11.7. The van der Waals surface area contributed by atoms with E-state index in [-0.39, 0.29) is 17.7 Å². The van der Waals surface area contributed by atoms with Gasteiger partial charge in [0.1, 0.15) is 0 Å². The second kappa shape index (κ2) is 7.77. The Labute approximate surface area is 92.1 Å². The van der Waals surface area contributed by atoms with Crippen LogP contribution in [-0.4, -0.2) is 31.2 Å². The summed E-state index contributed by atoms with van der Waals surface area (Å²) in [5.74, 6) is -0.900. The molecule has 0 heterocycles. The Kier molecular flexibility index (Phi) is 7.53. The monoisotopic (exact) mass is 235 g/mol. The van der Waals surface area contributed by atoms with Crippen LogP contribution < -0.4 is 0 Å². The van der Waals surface area contributed by atoms with E-state index in [4.69, 9.17) is 9.47 Å². The summed E-state index contributed by atoms with van der Waals surface area (Å²) in [5, 5.41) is 0. The van der Waals surface area contributed by atoms with Crippen molar-refractivity contribution < 1.29 is 18.8 Å². The fourth-order valence-corrected chi connectivity index (χ4v) is 2.40. The fourth-order valence-electron chi connectivity index (χ4n) is 1.10. The van der Waals surface area contributed by atoms with Crippen molar-refractivity contribution >= 4 is 13.8 Å². The van der Waals surface area contributed by atoms with Gasteiger partial charge in [-0.2, -0.15) is 0 Å². The molecule has 3 atom stereocenters. The molecule has 0 amide bonds. The second-order valence-electron chi connectivity index (χ2n) is 3.31. The zero-order chi connectivity index (χ0) is 11.8. The fraction of sp³-hybridized carbons (Fsp3) is 0.900. The lowest BCUT2D eigenvalue weighted by atomic mass is 10.2. The van der Waals surface area contributed by atoms with Crippen molar-refractivity contribution in [1.82, 2.24) is 0 Å². The molecule has 0 bridgehead atoms. The van der Waals surface area contributed by atoms with Crippen LogP contribution >= 0.6 is 7.80 Å². The summed E-state index contributed by atoms with van der Waals surface area (Å²) in [6.45, 7) is 8.00. The molecule has 0 aromatic rings. The molecule has 0 radical (unpaired) electrons. The lowest BCUT2D eigenvalue weighted by molar-refractivity contribution is -0.146. The summed E-state index contributed by atoms with van der Waals surface area (Å²) in [7, 11) is -1.50. The normalized spacial score (nSPS) is 15.6. The maximum atomic E-state index is 11.7. The summed E-state index contributed by atoms with van der Waals surface area (Å²) < 4.78 is 21.7. The Bertz CT molecular complexity index is 217. The highest BCUT2D eigenvalue weighted by Crippen LogP contribution is 2.31. The molecule has 0 fully saturated rings. The summed E-state index contributed by atoms with van der Waals surface area (Å²) >= 11 is 0. The number of carbonyl (C=O) groups is 1. The number of hydrogen-bond donors (Lipinski definition) is 0. The van der Waals surface area contributed by atoms with Crippen LogP contribution in [0.4, 0.5) is 0 Å². The van der Waals surface area contributed by atoms with Gasteiger partial charge >= 0.3 is 13.8 Å². The van der Waals surface area contributed by atoms with Crippen LogP contribution in [0.15, 0.2) is 0 Å². The van der Waals surface area contributed by atoms with Crippen LogP contribution in [0.3, 0.4) is 0 Å². The van der Waals surface area contributed by atoms with Gasteiger partial charge in [0, 0.05) is 13.5 Å². The molecule has 88 valence electrons. The number of rotatable bonds is 7. The van der Waals surface area contributed by atoms with Gasteiger partial charge in [-0.05, 0) is 20.8 Å². The summed E-state index contributed by atoms with van der Waals surface area (Å²) in [6.07, 6.45) is 0.329. The van der Waals surface area contributed by atoms with Crippen LogP contribution in [0.25, 0.3) is 0 Å². The number of carbonyl (C=O) groups excluding carboxylic acids is 1. The summed E-state index contributed by atoms with van der Waals surface area (Å²) in [5.41, 5.74) is 0. The third-order valence-corrected chi connectivity index (χ3v) is 3.82. The van der Waals surface area contributed by atoms with Gasteiger partial charge in [0.2, 0.25) is 0 Å². The van der Waals surface area contributed by atoms with Crippen molar-refractivity contribution in [2.75, 3.05) is 19.4 Å². The lowest BCUT2D eigenvalue weighted by Gasteiger charge is -2.06. The van der Waals surface area contributed by atoms with Gasteiger partial charge in [0.05, 0.1) is 12.5 Å². The molecule has 0 spiro atoms. The van der Waals surface area contributed by atoms with Crippen molar-refractivity contribution in [1.29, 1.82) is 0 Å². The van der Waals surface area contributed by atoms with E-state index < -0.39 is 7.80 Å². The molecule has 4 nitrogen and oxygen atoms in total. The smallest absolute Gasteiger partial charge is 0.370 e.